The SMILES string of the molecule is CCC(C)N(Cc1ccc(OS(C)(=O)=O)cc1)C(=O)c1cccc(C(F)(F)F)c1. The van der Waals surface area contributed by atoms with Crippen LogP contribution in [-0.4, -0.2) is 31.5 Å². The summed E-state index contributed by atoms with van der Waals surface area (Å²) in [4.78, 5) is 14.4. The lowest BCUT2D eigenvalue weighted by atomic mass is 10.1. The van der Waals surface area contributed by atoms with Gasteiger partial charge in [-0.15, -0.1) is 0 Å². The minimum Gasteiger partial charge on any atom is -0.383 e. The van der Waals surface area contributed by atoms with Crippen molar-refractivity contribution in [2.24, 2.45) is 0 Å². The second-order valence-electron chi connectivity index (χ2n) is 6.70. The van der Waals surface area contributed by atoms with Crippen molar-refractivity contribution in [1.82, 2.24) is 4.90 Å². The van der Waals surface area contributed by atoms with E-state index in [0.717, 1.165) is 18.4 Å². The maximum absolute atomic E-state index is 13.0. The number of rotatable bonds is 7. The molecular formula is C20H22F3NO4S. The first-order chi connectivity index (χ1) is 13.4. The highest BCUT2D eigenvalue weighted by atomic mass is 32.2. The molecule has 5 nitrogen and oxygen atoms in total. The Balaban J connectivity index is 2.27. The largest absolute Gasteiger partial charge is 0.416 e. The van der Waals surface area contributed by atoms with Gasteiger partial charge in [0, 0.05) is 18.2 Å². The summed E-state index contributed by atoms with van der Waals surface area (Å²) in [6.45, 7) is 3.84. The lowest BCUT2D eigenvalue weighted by molar-refractivity contribution is -0.137. The summed E-state index contributed by atoms with van der Waals surface area (Å²) >= 11 is 0. The van der Waals surface area contributed by atoms with Crippen LogP contribution >= 0.6 is 0 Å². The molecule has 0 aliphatic rings. The molecule has 0 saturated carbocycles. The third-order valence-electron chi connectivity index (χ3n) is 4.34. The number of carbonyl (C=O) groups excluding carboxylic acids is 1. The van der Waals surface area contributed by atoms with Crippen molar-refractivity contribution in [2.45, 2.75) is 39.0 Å². The van der Waals surface area contributed by atoms with E-state index < -0.39 is 27.8 Å². The Bertz CT molecular complexity index is 956. The molecule has 9 heteroatoms. The third kappa shape index (κ3) is 6.49. The van der Waals surface area contributed by atoms with Crippen molar-refractivity contribution in [2.75, 3.05) is 6.26 Å². The van der Waals surface area contributed by atoms with Crippen molar-refractivity contribution in [3.05, 3.63) is 65.2 Å². The van der Waals surface area contributed by atoms with E-state index in [0.29, 0.717) is 12.0 Å². The molecule has 0 saturated heterocycles. The molecule has 0 bridgehead atoms. The fraction of sp³-hybridized carbons (Fsp3) is 0.350. The van der Waals surface area contributed by atoms with Crippen LogP contribution < -0.4 is 4.18 Å². The van der Waals surface area contributed by atoms with Crippen LogP contribution in [0, 0.1) is 0 Å². The molecule has 1 atom stereocenters. The minimum atomic E-state index is -4.53. The number of hydrogen-bond acceptors (Lipinski definition) is 4. The van der Waals surface area contributed by atoms with E-state index in [1.165, 1.54) is 29.2 Å². The molecule has 29 heavy (non-hydrogen) atoms. The molecule has 0 radical (unpaired) electrons. The zero-order chi connectivity index (χ0) is 21.8. The van der Waals surface area contributed by atoms with E-state index in [1.54, 1.807) is 12.1 Å². The Hall–Kier alpha value is -2.55. The Morgan fingerprint density at radius 2 is 1.76 bits per heavy atom. The molecule has 0 aromatic heterocycles. The van der Waals surface area contributed by atoms with Crippen LogP contribution in [0.2, 0.25) is 0 Å². The fourth-order valence-electron chi connectivity index (χ4n) is 2.66. The average Bonchev–Trinajstić information content (AvgIpc) is 2.64. The van der Waals surface area contributed by atoms with Crippen molar-refractivity contribution >= 4 is 16.0 Å². The molecule has 2 rings (SSSR count). The summed E-state index contributed by atoms with van der Waals surface area (Å²) in [5, 5.41) is 0. The van der Waals surface area contributed by atoms with Crippen molar-refractivity contribution in [3.63, 3.8) is 0 Å². The number of amides is 1. The van der Waals surface area contributed by atoms with Crippen LogP contribution in [0.15, 0.2) is 48.5 Å². The van der Waals surface area contributed by atoms with Crippen LogP contribution in [0.4, 0.5) is 13.2 Å². The fourth-order valence-corrected chi connectivity index (χ4v) is 3.13. The molecule has 0 spiro atoms. The first-order valence-electron chi connectivity index (χ1n) is 8.87. The molecule has 1 amide bonds. The Labute approximate surface area is 168 Å². The average molecular weight is 429 g/mol. The van der Waals surface area contributed by atoms with Gasteiger partial charge in [0.1, 0.15) is 5.75 Å². The van der Waals surface area contributed by atoms with E-state index in [2.05, 4.69) is 0 Å². The van der Waals surface area contributed by atoms with Gasteiger partial charge < -0.3 is 9.08 Å². The smallest absolute Gasteiger partial charge is 0.383 e. The van der Waals surface area contributed by atoms with Crippen LogP contribution in [0.5, 0.6) is 5.75 Å². The first-order valence-corrected chi connectivity index (χ1v) is 10.7. The highest BCUT2D eigenvalue weighted by Gasteiger charge is 2.31. The Morgan fingerprint density at radius 3 is 2.28 bits per heavy atom. The predicted molar refractivity (Wildman–Crippen MR) is 103 cm³/mol. The maximum atomic E-state index is 13.0. The molecule has 158 valence electrons. The van der Waals surface area contributed by atoms with Crippen LogP contribution in [-0.2, 0) is 22.8 Å². The van der Waals surface area contributed by atoms with Crippen molar-refractivity contribution in [3.8, 4) is 5.75 Å². The minimum absolute atomic E-state index is 0.0443. The molecule has 1 unspecified atom stereocenters. The molecule has 2 aromatic rings. The normalized spacial score (nSPS) is 13.0. The molecule has 0 aliphatic carbocycles. The summed E-state index contributed by atoms with van der Waals surface area (Å²) in [5.41, 5.74) is -0.238. The summed E-state index contributed by atoms with van der Waals surface area (Å²) in [6.07, 6.45) is -2.99. The molecular weight excluding hydrogens is 407 g/mol. The van der Waals surface area contributed by atoms with Gasteiger partial charge in [-0.1, -0.05) is 25.1 Å². The number of hydrogen-bond donors (Lipinski definition) is 0. The van der Waals surface area contributed by atoms with E-state index in [1.807, 2.05) is 13.8 Å². The van der Waals surface area contributed by atoms with Gasteiger partial charge in [0.05, 0.1) is 11.8 Å². The molecule has 0 heterocycles. The summed E-state index contributed by atoms with van der Waals surface area (Å²) in [7, 11) is -3.65. The van der Waals surface area contributed by atoms with Gasteiger partial charge >= 0.3 is 16.3 Å². The second kappa shape index (κ2) is 8.86. The number of nitrogens with zero attached hydrogens (tertiary/aromatic N) is 1. The van der Waals surface area contributed by atoms with Gasteiger partial charge in [0.15, 0.2) is 0 Å². The zero-order valence-corrected chi connectivity index (χ0v) is 17.0. The standard InChI is InChI=1S/C20H22F3NO4S/c1-4-14(2)24(13-15-8-10-18(11-9-15)28-29(3,26)27)19(25)16-6-5-7-17(12-16)20(21,22)23/h5-12,14H,4,13H2,1-3H3. The highest BCUT2D eigenvalue weighted by Crippen LogP contribution is 2.30. The lowest BCUT2D eigenvalue weighted by Crippen LogP contribution is -2.37. The zero-order valence-electron chi connectivity index (χ0n) is 16.2. The van der Waals surface area contributed by atoms with Crippen molar-refractivity contribution in [1.29, 1.82) is 0 Å². The van der Waals surface area contributed by atoms with Crippen LogP contribution in [0.3, 0.4) is 0 Å². The molecule has 2 aromatic carbocycles. The van der Waals surface area contributed by atoms with Gasteiger partial charge in [-0.25, -0.2) is 0 Å². The first kappa shape index (κ1) is 22.7. The third-order valence-corrected chi connectivity index (χ3v) is 4.84. The van der Waals surface area contributed by atoms with Gasteiger partial charge in [0.25, 0.3) is 5.91 Å². The Kier molecular flexibility index (Phi) is 6.94. The predicted octanol–water partition coefficient (Wildman–Crippen LogP) is 4.48. The number of carbonyl (C=O) groups is 1. The van der Waals surface area contributed by atoms with Crippen LogP contribution in [0.1, 0.15) is 41.8 Å². The molecule has 0 aliphatic heterocycles. The molecule has 0 N–H and O–H groups in total. The topological polar surface area (TPSA) is 63.7 Å². The summed E-state index contributed by atoms with van der Waals surface area (Å²) in [6, 6.07) is 10.2. The second-order valence-corrected chi connectivity index (χ2v) is 8.28. The van der Waals surface area contributed by atoms with Gasteiger partial charge in [-0.05, 0) is 49.2 Å². The van der Waals surface area contributed by atoms with E-state index in [4.69, 9.17) is 4.18 Å². The van der Waals surface area contributed by atoms with Crippen LogP contribution in [0.25, 0.3) is 0 Å². The highest BCUT2D eigenvalue weighted by molar-refractivity contribution is 7.86. The molecule has 0 fully saturated rings. The van der Waals surface area contributed by atoms with E-state index in [-0.39, 0.29) is 23.9 Å². The summed E-state index contributed by atoms with van der Waals surface area (Å²) < 4.78 is 66.1. The number of alkyl halides is 3. The van der Waals surface area contributed by atoms with Gasteiger partial charge in [0.2, 0.25) is 0 Å². The summed E-state index contributed by atoms with van der Waals surface area (Å²) in [5.74, 6) is -0.377. The Morgan fingerprint density at radius 1 is 1.14 bits per heavy atom. The van der Waals surface area contributed by atoms with Gasteiger partial charge in [-0.3, -0.25) is 4.79 Å². The number of benzene rings is 2. The van der Waals surface area contributed by atoms with E-state index >= 15 is 0 Å². The maximum Gasteiger partial charge on any atom is 0.416 e. The van der Waals surface area contributed by atoms with Crippen molar-refractivity contribution < 1.29 is 30.6 Å². The quantitative estimate of drug-likeness (QED) is 0.609. The van der Waals surface area contributed by atoms with Gasteiger partial charge in [-0.2, -0.15) is 21.6 Å². The lowest BCUT2D eigenvalue weighted by Gasteiger charge is -2.29. The number of halogens is 3. The monoisotopic (exact) mass is 429 g/mol. The van der Waals surface area contributed by atoms with E-state index in [9.17, 15) is 26.4 Å².